The molecule has 4 heteroatoms. The van der Waals surface area contributed by atoms with E-state index < -0.39 is 5.97 Å². The van der Waals surface area contributed by atoms with Gasteiger partial charge in [0.05, 0.1) is 24.7 Å². The van der Waals surface area contributed by atoms with Crippen LogP contribution in [0.25, 0.3) is 0 Å². The SMILES string of the molecule is COC(=O)c1ccc(Br)cc1C(C#N)C(C)C. The second-order valence-electron chi connectivity index (χ2n) is 4.07. The van der Waals surface area contributed by atoms with Crippen LogP contribution in [0.15, 0.2) is 22.7 Å². The number of esters is 1. The summed E-state index contributed by atoms with van der Waals surface area (Å²) >= 11 is 3.35. The highest BCUT2D eigenvalue weighted by molar-refractivity contribution is 9.10. The van der Waals surface area contributed by atoms with E-state index in [1.54, 1.807) is 18.2 Å². The number of nitriles is 1. The summed E-state index contributed by atoms with van der Waals surface area (Å²) in [6.45, 7) is 3.91. The number of ether oxygens (including phenoxy) is 1. The molecule has 3 nitrogen and oxygen atoms in total. The van der Waals surface area contributed by atoms with E-state index in [0.29, 0.717) is 11.1 Å². The van der Waals surface area contributed by atoms with Crippen molar-refractivity contribution >= 4 is 21.9 Å². The van der Waals surface area contributed by atoms with Gasteiger partial charge in [-0.25, -0.2) is 4.79 Å². The molecule has 0 saturated heterocycles. The zero-order valence-corrected chi connectivity index (χ0v) is 11.6. The van der Waals surface area contributed by atoms with E-state index in [-0.39, 0.29) is 11.8 Å². The molecular weight excluding hydrogens is 282 g/mol. The molecule has 0 aliphatic carbocycles. The molecule has 1 unspecified atom stereocenters. The van der Waals surface area contributed by atoms with Crippen molar-refractivity contribution in [3.8, 4) is 6.07 Å². The van der Waals surface area contributed by atoms with E-state index >= 15 is 0 Å². The third-order valence-electron chi connectivity index (χ3n) is 2.56. The lowest BCUT2D eigenvalue weighted by Crippen LogP contribution is -2.12. The Hall–Kier alpha value is -1.34. The predicted molar refractivity (Wildman–Crippen MR) is 68.7 cm³/mol. The van der Waals surface area contributed by atoms with Crippen LogP contribution in [0.4, 0.5) is 0 Å². The highest BCUT2D eigenvalue weighted by Gasteiger charge is 2.22. The number of nitrogens with zero attached hydrogens (tertiary/aromatic N) is 1. The molecule has 1 atom stereocenters. The maximum Gasteiger partial charge on any atom is 0.338 e. The van der Waals surface area contributed by atoms with Gasteiger partial charge in [0.15, 0.2) is 0 Å². The highest BCUT2D eigenvalue weighted by Crippen LogP contribution is 2.29. The minimum atomic E-state index is -0.409. The van der Waals surface area contributed by atoms with E-state index in [2.05, 4.69) is 22.0 Å². The molecule has 0 aliphatic heterocycles. The first-order chi connectivity index (χ1) is 8.01. The minimum Gasteiger partial charge on any atom is -0.465 e. The van der Waals surface area contributed by atoms with Gasteiger partial charge in [-0.05, 0) is 29.7 Å². The van der Waals surface area contributed by atoms with Gasteiger partial charge in [-0.3, -0.25) is 0 Å². The Kier molecular flexibility index (Phi) is 4.71. The number of benzene rings is 1. The van der Waals surface area contributed by atoms with Crippen molar-refractivity contribution in [1.82, 2.24) is 0 Å². The monoisotopic (exact) mass is 295 g/mol. The minimum absolute atomic E-state index is 0.137. The summed E-state index contributed by atoms with van der Waals surface area (Å²) in [6, 6.07) is 7.49. The van der Waals surface area contributed by atoms with E-state index in [0.717, 1.165) is 4.47 Å². The Morgan fingerprint density at radius 2 is 2.12 bits per heavy atom. The van der Waals surface area contributed by atoms with Crippen LogP contribution in [-0.2, 0) is 4.74 Å². The number of halogens is 1. The molecule has 1 aromatic carbocycles. The molecule has 0 spiro atoms. The fraction of sp³-hybridized carbons (Fsp3) is 0.385. The van der Waals surface area contributed by atoms with Crippen LogP contribution < -0.4 is 0 Å². The van der Waals surface area contributed by atoms with Gasteiger partial charge in [-0.2, -0.15) is 5.26 Å². The fourth-order valence-electron chi connectivity index (χ4n) is 1.66. The number of carbonyl (C=O) groups excluding carboxylic acids is 1. The first kappa shape index (κ1) is 13.7. The summed E-state index contributed by atoms with van der Waals surface area (Å²) < 4.78 is 5.58. The summed E-state index contributed by atoms with van der Waals surface area (Å²) in [7, 11) is 1.34. The van der Waals surface area contributed by atoms with Crippen LogP contribution in [0.1, 0.15) is 35.7 Å². The largest absolute Gasteiger partial charge is 0.465 e. The zero-order chi connectivity index (χ0) is 13.0. The summed E-state index contributed by atoms with van der Waals surface area (Å²) in [5.41, 5.74) is 1.17. The quantitative estimate of drug-likeness (QED) is 0.802. The van der Waals surface area contributed by atoms with Gasteiger partial charge in [0.2, 0.25) is 0 Å². The van der Waals surface area contributed by atoms with Crippen LogP contribution in [-0.4, -0.2) is 13.1 Å². The average molecular weight is 296 g/mol. The molecule has 0 bridgehead atoms. The van der Waals surface area contributed by atoms with Crippen LogP contribution in [0, 0.1) is 17.2 Å². The van der Waals surface area contributed by atoms with E-state index in [9.17, 15) is 10.1 Å². The van der Waals surface area contributed by atoms with Crippen LogP contribution >= 0.6 is 15.9 Å². The second-order valence-corrected chi connectivity index (χ2v) is 4.99. The lowest BCUT2D eigenvalue weighted by atomic mass is 9.87. The number of carbonyl (C=O) groups is 1. The normalized spacial score (nSPS) is 12.0. The van der Waals surface area contributed by atoms with Gasteiger partial charge in [-0.1, -0.05) is 29.8 Å². The summed E-state index contributed by atoms with van der Waals surface area (Å²) in [5, 5.41) is 9.20. The Bertz CT molecular complexity index is 463. The molecule has 0 amide bonds. The summed E-state index contributed by atoms with van der Waals surface area (Å²) in [5.74, 6) is -0.590. The molecule has 0 heterocycles. The predicted octanol–water partition coefficient (Wildman–Crippen LogP) is 3.50. The van der Waals surface area contributed by atoms with Crippen molar-refractivity contribution in [2.24, 2.45) is 5.92 Å². The van der Waals surface area contributed by atoms with Crippen molar-refractivity contribution in [3.05, 3.63) is 33.8 Å². The smallest absolute Gasteiger partial charge is 0.338 e. The average Bonchev–Trinajstić information content (AvgIpc) is 2.29. The number of rotatable bonds is 3. The van der Waals surface area contributed by atoms with Crippen LogP contribution in [0.3, 0.4) is 0 Å². The van der Waals surface area contributed by atoms with Gasteiger partial charge in [-0.15, -0.1) is 0 Å². The third-order valence-corrected chi connectivity index (χ3v) is 3.05. The van der Waals surface area contributed by atoms with E-state index in [4.69, 9.17) is 4.74 Å². The molecule has 0 fully saturated rings. The standard InChI is InChI=1S/C13H14BrNO2/c1-8(2)12(7-15)11-6-9(14)4-5-10(11)13(16)17-3/h4-6,8,12H,1-3H3. The Morgan fingerprint density at radius 1 is 1.47 bits per heavy atom. The first-order valence-corrected chi connectivity index (χ1v) is 6.08. The number of methoxy groups -OCH3 is 1. The van der Waals surface area contributed by atoms with Crippen LogP contribution in [0.2, 0.25) is 0 Å². The van der Waals surface area contributed by atoms with Crippen molar-refractivity contribution in [2.45, 2.75) is 19.8 Å². The molecule has 1 aromatic rings. The number of hydrogen-bond donors (Lipinski definition) is 0. The van der Waals surface area contributed by atoms with E-state index in [1.165, 1.54) is 7.11 Å². The Balaban J connectivity index is 3.34. The molecule has 0 aromatic heterocycles. The summed E-state index contributed by atoms with van der Waals surface area (Å²) in [4.78, 5) is 11.6. The molecule has 0 radical (unpaired) electrons. The Morgan fingerprint density at radius 3 is 2.59 bits per heavy atom. The maximum atomic E-state index is 11.6. The molecule has 90 valence electrons. The fourth-order valence-corrected chi connectivity index (χ4v) is 2.04. The third kappa shape index (κ3) is 3.07. The molecular formula is C13H14BrNO2. The molecule has 1 rings (SSSR count). The van der Waals surface area contributed by atoms with Crippen molar-refractivity contribution in [1.29, 1.82) is 5.26 Å². The van der Waals surface area contributed by atoms with Gasteiger partial charge < -0.3 is 4.74 Å². The molecule has 0 N–H and O–H groups in total. The van der Waals surface area contributed by atoms with Gasteiger partial charge in [0.1, 0.15) is 0 Å². The van der Waals surface area contributed by atoms with Crippen molar-refractivity contribution in [3.63, 3.8) is 0 Å². The molecule has 17 heavy (non-hydrogen) atoms. The Labute approximate surface area is 110 Å². The van der Waals surface area contributed by atoms with Gasteiger partial charge in [0.25, 0.3) is 0 Å². The lowest BCUT2D eigenvalue weighted by molar-refractivity contribution is 0.0599. The van der Waals surface area contributed by atoms with Gasteiger partial charge >= 0.3 is 5.97 Å². The maximum absolute atomic E-state index is 11.6. The van der Waals surface area contributed by atoms with Crippen molar-refractivity contribution in [2.75, 3.05) is 7.11 Å². The topological polar surface area (TPSA) is 50.1 Å². The number of hydrogen-bond acceptors (Lipinski definition) is 3. The zero-order valence-electron chi connectivity index (χ0n) is 10.0. The second kappa shape index (κ2) is 5.83. The molecule has 0 aliphatic rings. The first-order valence-electron chi connectivity index (χ1n) is 5.28. The van der Waals surface area contributed by atoms with Crippen LogP contribution in [0.5, 0.6) is 0 Å². The molecule has 0 saturated carbocycles. The van der Waals surface area contributed by atoms with Crippen molar-refractivity contribution < 1.29 is 9.53 Å². The van der Waals surface area contributed by atoms with E-state index in [1.807, 2.05) is 13.8 Å². The lowest BCUT2D eigenvalue weighted by Gasteiger charge is -2.16. The summed E-state index contributed by atoms with van der Waals surface area (Å²) in [6.07, 6.45) is 0. The highest BCUT2D eigenvalue weighted by atomic mass is 79.9. The van der Waals surface area contributed by atoms with Gasteiger partial charge in [0, 0.05) is 4.47 Å².